The first-order valence-electron chi connectivity index (χ1n) is 9.14. The second-order valence-electron chi connectivity index (χ2n) is 6.70. The van der Waals surface area contributed by atoms with Crippen molar-refractivity contribution in [2.45, 2.75) is 26.9 Å². The van der Waals surface area contributed by atoms with Gasteiger partial charge in [0.2, 0.25) is 0 Å². The van der Waals surface area contributed by atoms with E-state index in [0.29, 0.717) is 16.4 Å². The molecule has 28 heavy (non-hydrogen) atoms. The summed E-state index contributed by atoms with van der Waals surface area (Å²) in [6, 6.07) is 15.1. The van der Waals surface area contributed by atoms with E-state index < -0.39 is 0 Å². The predicted octanol–water partition coefficient (Wildman–Crippen LogP) is 4.90. The summed E-state index contributed by atoms with van der Waals surface area (Å²) in [4.78, 5) is 26.5. The number of amides is 2. The van der Waals surface area contributed by atoms with Crippen LogP contribution in [0.1, 0.15) is 25.0 Å². The number of para-hydroxylation sites is 1. The average molecular weight is 397 g/mol. The molecule has 1 aliphatic rings. The molecule has 0 N–H and O–H groups in total. The topological polar surface area (TPSA) is 55.8 Å². The Kier molecular flexibility index (Phi) is 6.41. The first kappa shape index (κ1) is 20.0. The summed E-state index contributed by atoms with van der Waals surface area (Å²) in [6.07, 6.45) is 1.73. The van der Waals surface area contributed by atoms with Crippen LogP contribution in [0.2, 0.25) is 0 Å². The van der Waals surface area contributed by atoms with Crippen LogP contribution in [0.4, 0.5) is 4.79 Å². The van der Waals surface area contributed by atoms with Crippen LogP contribution in [0.15, 0.2) is 53.4 Å². The molecule has 0 atom stereocenters. The number of hydrogen-bond donors (Lipinski definition) is 0. The van der Waals surface area contributed by atoms with Crippen LogP contribution >= 0.6 is 11.8 Å². The van der Waals surface area contributed by atoms with Crippen molar-refractivity contribution in [3.63, 3.8) is 0 Å². The molecular weight excluding hydrogens is 374 g/mol. The Morgan fingerprint density at radius 2 is 1.79 bits per heavy atom. The van der Waals surface area contributed by atoms with Crippen molar-refractivity contribution in [1.29, 1.82) is 0 Å². The van der Waals surface area contributed by atoms with Crippen LogP contribution < -0.4 is 9.47 Å². The summed E-state index contributed by atoms with van der Waals surface area (Å²) in [6.45, 7) is 6.35. The van der Waals surface area contributed by atoms with E-state index in [1.165, 1.54) is 4.90 Å². The maximum Gasteiger partial charge on any atom is 0.293 e. The van der Waals surface area contributed by atoms with Gasteiger partial charge in [-0.15, -0.1) is 0 Å². The maximum atomic E-state index is 12.7. The van der Waals surface area contributed by atoms with E-state index in [4.69, 9.17) is 9.47 Å². The Morgan fingerprint density at radius 3 is 2.50 bits per heavy atom. The zero-order valence-corrected chi connectivity index (χ0v) is 17.0. The van der Waals surface area contributed by atoms with E-state index in [1.54, 1.807) is 6.08 Å². The number of rotatable bonds is 7. The molecule has 0 spiro atoms. The normalized spacial score (nSPS) is 15.6. The van der Waals surface area contributed by atoms with E-state index in [9.17, 15) is 9.59 Å². The van der Waals surface area contributed by atoms with Gasteiger partial charge in [0.05, 0.1) is 17.6 Å². The number of ether oxygens (including phenoxy) is 2. The van der Waals surface area contributed by atoms with Crippen LogP contribution in [-0.2, 0) is 4.79 Å². The molecule has 2 aromatic rings. The molecule has 5 nitrogen and oxygen atoms in total. The Hall–Kier alpha value is -2.73. The molecule has 0 radical (unpaired) electrons. The van der Waals surface area contributed by atoms with Crippen molar-refractivity contribution in [1.82, 2.24) is 4.90 Å². The van der Waals surface area contributed by atoms with Crippen molar-refractivity contribution in [2.24, 2.45) is 0 Å². The lowest BCUT2D eigenvalue weighted by Crippen LogP contribution is -2.32. The lowest BCUT2D eigenvalue weighted by molar-refractivity contribution is -0.123. The summed E-state index contributed by atoms with van der Waals surface area (Å²) in [5.41, 5.74) is 1.92. The van der Waals surface area contributed by atoms with Crippen molar-refractivity contribution in [3.05, 3.63) is 64.6 Å². The predicted molar refractivity (Wildman–Crippen MR) is 112 cm³/mol. The third kappa shape index (κ3) is 4.95. The molecule has 146 valence electrons. The minimum atomic E-state index is -0.304. The first-order valence-corrected chi connectivity index (χ1v) is 9.96. The molecule has 0 saturated carbocycles. The minimum absolute atomic E-state index is 0.0172. The summed E-state index contributed by atoms with van der Waals surface area (Å²) in [5, 5.41) is -0.286. The molecule has 0 bridgehead atoms. The minimum Gasteiger partial charge on any atom is -0.492 e. The van der Waals surface area contributed by atoms with Crippen molar-refractivity contribution >= 4 is 29.0 Å². The Morgan fingerprint density at radius 1 is 1.07 bits per heavy atom. The van der Waals surface area contributed by atoms with Crippen LogP contribution in [-0.4, -0.2) is 35.3 Å². The molecule has 0 unspecified atom stereocenters. The molecule has 1 heterocycles. The monoisotopic (exact) mass is 397 g/mol. The summed E-state index contributed by atoms with van der Waals surface area (Å²) in [5.74, 6) is 1.10. The van der Waals surface area contributed by atoms with E-state index in [2.05, 4.69) is 0 Å². The van der Waals surface area contributed by atoms with Crippen LogP contribution in [0.3, 0.4) is 0 Å². The molecule has 2 amide bonds. The van der Waals surface area contributed by atoms with Crippen LogP contribution in [0.5, 0.6) is 11.5 Å². The van der Waals surface area contributed by atoms with Gasteiger partial charge >= 0.3 is 0 Å². The average Bonchev–Trinajstić information content (AvgIpc) is 2.92. The lowest BCUT2D eigenvalue weighted by atomic mass is 10.2. The zero-order chi connectivity index (χ0) is 20.1. The number of benzene rings is 2. The number of nitrogens with zero attached hydrogens (tertiary/aromatic N) is 1. The zero-order valence-electron chi connectivity index (χ0n) is 16.2. The van der Waals surface area contributed by atoms with E-state index >= 15 is 0 Å². The smallest absolute Gasteiger partial charge is 0.293 e. The maximum absolute atomic E-state index is 12.7. The third-order valence-electron chi connectivity index (χ3n) is 4.05. The number of thioether (sulfide) groups is 1. The number of hydrogen-bond acceptors (Lipinski definition) is 5. The SMILES string of the molecule is Cc1ccc(OCCN2C(=O)S/C(=C\c3ccccc3OC(C)C)C2=O)cc1. The highest BCUT2D eigenvalue weighted by Gasteiger charge is 2.35. The molecule has 1 aliphatic heterocycles. The highest BCUT2D eigenvalue weighted by molar-refractivity contribution is 8.18. The third-order valence-corrected chi connectivity index (χ3v) is 4.95. The van der Waals surface area contributed by atoms with E-state index in [0.717, 1.165) is 22.9 Å². The number of imide groups is 1. The van der Waals surface area contributed by atoms with Gasteiger partial charge in [0.1, 0.15) is 18.1 Å². The Balaban J connectivity index is 1.66. The standard InChI is InChI=1S/C22H23NO4S/c1-15(2)27-19-7-5-4-6-17(19)14-20-21(24)23(22(25)28-20)12-13-26-18-10-8-16(3)9-11-18/h4-11,14-15H,12-13H2,1-3H3/b20-14-. The van der Waals surface area contributed by atoms with Crippen molar-refractivity contribution < 1.29 is 19.1 Å². The molecule has 0 aliphatic carbocycles. The Bertz CT molecular complexity index is 890. The lowest BCUT2D eigenvalue weighted by Gasteiger charge is -2.13. The first-order chi connectivity index (χ1) is 13.4. The van der Waals surface area contributed by atoms with Gasteiger partial charge in [-0.25, -0.2) is 0 Å². The van der Waals surface area contributed by atoms with Gasteiger partial charge in [-0.05, 0) is 56.8 Å². The molecule has 6 heteroatoms. The van der Waals surface area contributed by atoms with Gasteiger partial charge in [-0.3, -0.25) is 14.5 Å². The van der Waals surface area contributed by atoms with Crippen molar-refractivity contribution in [2.75, 3.05) is 13.2 Å². The largest absolute Gasteiger partial charge is 0.492 e. The molecule has 3 rings (SSSR count). The summed E-state index contributed by atoms with van der Waals surface area (Å²) in [7, 11) is 0. The second kappa shape index (κ2) is 8.97. The number of aryl methyl sites for hydroxylation is 1. The Labute approximate surface area is 169 Å². The van der Waals surface area contributed by atoms with Gasteiger partial charge in [0.25, 0.3) is 11.1 Å². The van der Waals surface area contributed by atoms with Gasteiger partial charge in [0, 0.05) is 5.56 Å². The highest BCUT2D eigenvalue weighted by Crippen LogP contribution is 2.34. The van der Waals surface area contributed by atoms with Gasteiger partial charge in [-0.1, -0.05) is 35.9 Å². The summed E-state index contributed by atoms with van der Waals surface area (Å²) < 4.78 is 11.4. The van der Waals surface area contributed by atoms with E-state index in [-0.39, 0.29) is 30.4 Å². The molecule has 0 aromatic heterocycles. The van der Waals surface area contributed by atoms with Crippen LogP contribution in [0, 0.1) is 6.92 Å². The molecule has 1 saturated heterocycles. The summed E-state index contributed by atoms with van der Waals surface area (Å²) >= 11 is 0.940. The highest BCUT2D eigenvalue weighted by atomic mass is 32.2. The quantitative estimate of drug-likeness (QED) is 0.622. The fourth-order valence-corrected chi connectivity index (χ4v) is 3.54. The van der Waals surface area contributed by atoms with Gasteiger partial charge in [0.15, 0.2) is 0 Å². The van der Waals surface area contributed by atoms with Gasteiger partial charge < -0.3 is 9.47 Å². The fraction of sp³-hybridized carbons (Fsp3) is 0.273. The van der Waals surface area contributed by atoms with Crippen molar-refractivity contribution in [3.8, 4) is 11.5 Å². The number of carbonyl (C=O) groups is 2. The van der Waals surface area contributed by atoms with Gasteiger partial charge in [-0.2, -0.15) is 0 Å². The molecule has 1 fully saturated rings. The fourth-order valence-electron chi connectivity index (χ4n) is 2.68. The second-order valence-corrected chi connectivity index (χ2v) is 7.69. The molecule has 2 aromatic carbocycles. The number of carbonyl (C=O) groups excluding carboxylic acids is 2. The van der Waals surface area contributed by atoms with Crippen LogP contribution in [0.25, 0.3) is 6.08 Å². The molecular formula is C22H23NO4S. The van der Waals surface area contributed by atoms with E-state index in [1.807, 2.05) is 69.3 Å².